The first-order valence-electron chi connectivity index (χ1n) is 4.20. The Kier molecular flexibility index (Phi) is 2.21. The second-order valence-corrected chi connectivity index (χ2v) is 4.69. The first kappa shape index (κ1) is 7.66. The zero-order valence-corrected chi connectivity index (χ0v) is 9.41. The maximum atomic E-state index is 2.29. The molecule has 0 N–H and O–H groups in total. The van der Waals surface area contributed by atoms with E-state index in [4.69, 9.17) is 0 Å². The van der Waals surface area contributed by atoms with E-state index in [-0.39, 0.29) is 0 Å². The Labute approximate surface area is 81.1 Å². The fourth-order valence-corrected chi connectivity index (χ4v) is 2.87. The minimum atomic E-state index is 1.32. The number of hydrogen-bond acceptors (Lipinski definition) is 0. The summed E-state index contributed by atoms with van der Waals surface area (Å²) in [7, 11) is 0. The van der Waals surface area contributed by atoms with Crippen molar-refractivity contribution in [3.05, 3.63) is 29.3 Å². The first-order chi connectivity index (χ1) is 5.38. The minimum absolute atomic E-state index is 1.32. The molecule has 0 saturated carbocycles. The molecule has 1 aromatic rings. The molecule has 1 heteroatoms. The van der Waals surface area contributed by atoms with Crippen molar-refractivity contribution in [2.75, 3.05) is 0 Å². The molecule has 0 saturated heterocycles. The van der Waals surface area contributed by atoms with Gasteiger partial charge in [-0.05, 0) is 0 Å². The van der Waals surface area contributed by atoms with Crippen molar-refractivity contribution < 1.29 is 0 Å². The van der Waals surface area contributed by atoms with E-state index in [1.165, 1.54) is 25.7 Å². The van der Waals surface area contributed by atoms with Gasteiger partial charge in [-0.2, -0.15) is 0 Å². The number of fused-ring (bicyclic) bond motifs is 1. The van der Waals surface area contributed by atoms with Gasteiger partial charge in [0.2, 0.25) is 0 Å². The summed E-state index contributed by atoms with van der Waals surface area (Å²) in [4.78, 5) is 0. The summed E-state index contributed by atoms with van der Waals surface area (Å²) in [6.07, 6.45) is 5.44. The molecule has 0 atom stereocenters. The van der Waals surface area contributed by atoms with Gasteiger partial charge >= 0.3 is 81.1 Å². The van der Waals surface area contributed by atoms with Crippen LogP contribution in [0.15, 0.2) is 18.2 Å². The molecule has 0 heterocycles. The average Bonchev–Trinajstić information content (AvgIpc) is 2.06. The van der Waals surface area contributed by atoms with E-state index in [0.29, 0.717) is 0 Å². The predicted octanol–water partition coefficient (Wildman–Crippen LogP) is 1.36. The summed E-state index contributed by atoms with van der Waals surface area (Å²) in [5.41, 5.74) is 3.28. The van der Waals surface area contributed by atoms with Gasteiger partial charge in [0.25, 0.3) is 0 Å². The standard InChI is InChI=1S/C10H11.Sn/c1-2-6-10-8-4-3-7-9(10)5-1;/h1-2,5H,3-4,7-8H2;. The van der Waals surface area contributed by atoms with Crippen molar-refractivity contribution in [2.24, 2.45) is 0 Å². The van der Waals surface area contributed by atoms with Crippen LogP contribution in [0.4, 0.5) is 0 Å². The molecule has 0 nitrogen and oxygen atoms in total. The second-order valence-electron chi connectivity index (χ2n) is 3.15. The third-order valence-electron chi connectivity index (χ3n) is 2.40. The molecule has 1 aliphatic rings. The summed E-state index contributed by atoms with van der Waals surface area (Å²) in [5, 5.41) is 0. The Morgan fingerprint density at radius 1 is 1.09 bits per heavy atom. The summed E-state index contributed by atoms with van der Waals surface area (Å²) >= 11 is 1.58. The third kappa shape index (κ3) is 1.46. The molecule has 0 aliphatic heterocycles. The van der Waals surface area contributed by atoms with Crippen LogP contribution in [-0.2, 0) is 12.8 Å². The van der Waals surface area contributed by atoms with Crippen molar-refractivity contribution in [1.29, 1.82) is 0 Å². The van der Waals surface area contributed by atoms with Crippen molar-refractivity contribution in [2.45, 2.75) is 25.7 Å². The van der Waals surface area contributed by atoms with Crippen LogP contribution in [0.25, 0.3) is 0 Å². The molecule has 0 bridgehead atoms. The van der Waals surface area contributed by atoms with Crippen LogP contribution in [0, 0.1) is 0 Å². The number of rotatable bonds is 0. The van der Waals surface area contributed by atoms with Crippen LogP contribution in [0.5, 0.6) is 0 Å². The fourth-order valence-electron chi connectivity index (χ4n) is 1.78. The molecule has 0 amide bonds. The van der Waals surface area contributed by atoms with Gasteiger partial charge < -0.3 is 0 Å². The predicted molar refractivity (Wildman–Crippen MR) is 48.5 cm³/mol. The van der Waals surface area contributed by atoms with Gasteiger partial charge in [-0.1, -0.05) is 0 Å². The number of hydrogen-bond donors (Lipinski definition) is 0. The molecule has 1 aliphatic carbocycles. The van der Waals surface area contributed by atoms with E-state index in [1.807, 2.05) is 0 Å². The Morgan fingerprint density at radius 3 is 2.73 bits per heavy atom. The summed E-state index contributed by atoms with van der Waals surface area (Å²) in [6, 6.07) is 6.76. The first-order valence-corrected chi connectivity index (χ1v) is 5.63. The summed E-state index contributed by atoms with van der Waals surface area (Å²) in [5.74, 6) is 0. The maximum absolute atomic E-state index is 2.29. The van der Waals surface area contributed by atoms with Crippen LogP contribution in [0.1, 0.15) is 24.0 Å². The Hall–Kier alpha value is 0.0187. The average molecular weight is 250 g/mol. The van der Waals surface area contributed by atoms with Gasteiger partial charge in [-0.15, -0.1) is 0 Å². The van der Waals surface area contributed by atoms with Gasteiger partial charge in [0.15, 0.2) is 0 Å². The van der Waals surface area contributed by atoms with E-state index >= 15 is 0 Å². The molecule has 0 spiro atoms. The molecule has 0 unspecified atom stereocenters. The normalized spacial score (nSPS) is 16.1. The zero-order chi connectivity index (χ0) is 7.68. The molecule has 0 aromatic heterocycles. The van der Waals surface area contributed by atoms with Crippen LogP contribution < -0.4 is 3.58 Å². The van der Waals surface area contributed by atoms with Gasteiger partial charge in [0.05, 0.1) is 0 Å². The Balaban J connectivity index is 2.49. The molecule has 3 radical (unpaired) electrons. The zero-order valence-electron chi connectivity index (χ0n) is 6.56. The van der Waals surface area contributed by atoms with Gasteiger partial charge in [-0.3, -0.25) is 0 Å². The van der Waals surface area contributed by atoms with Crippen molar-refractivity contribution in [3.63, 3.8) is 0 Å². The van der Waals surface area contributed by atoms with E-state index in [2.05, 4.69) is 18.2 Å². The van der Waals surface area contributed by atoms with E-state index < -0.39 is 0 Å². The Morgan fingerprint density at radius 2 is 1.91 bits per heavy atom. The van der Waals surface area contributed by atoms with Gasteiger partial charge in [0, 0.05) is 0 Å². The monoisotopic (exact) mass is 251 g/mol. The molecule has 55 valence electrons. The van der Waals surface area contributed by atoms with Gasteiger partial charge in [-0.25, -0.2) is 0 Å². The van der Waals surface area contributed by atoms with Crippen LogP contribution >= 0.6 is 0 Å². The fraction of sp³-hybridized carbons (Fsp3) is 0.400. The third-order valence-corrected chi connectivity index (χ3v) is 3.73. The van der Waals surface area contributed by atoms with Gasteiger partial charge in [0.1, 0.15) is 0 Å². The van der Waals surface area contributed by atoms with Crippen molar-refractivity contribution >= 4 is 26.1 Å². The van der Waals surface area contributed by atoms with E-state index in [9.17, 15) is 0 Å². The SMILES string of the molecule is [Sn][c]1cccc2c1CCCC2. The van der Waals surface area contributed by atoms with Crippen LogP contribution in [0.2, 0.25) is 0 Å². The molecular weight excluding hydrogens is 239 g/mol. The summed E-state index contributed by atoms with van der Waals surface area (Å²) < 4.78 is 1.58. The second kappa shape index (κ2) is 3.18. The van der Waals surface area contributed by atoms with E-state index in [1.54, 1.807) is 37.2 Å². The van der Waals surface area contributed by atoms with Crippen molar-refractivity contribution in [1.82, 2.24) is 0 Å². The van der Waals surface area contributed by atoms with Crippen molar-refractivity contribution in [3.8, 4) is 0 Å². The van der Waals surface area contributed by atoms with Crippen LogP contribution in [-0.4, -0.2) is 22.5 Å². The van der Waals surface area contributed by atoms with Crippen LogP contribution in [0.3, 0.4) is 0 Å². The number of benzene rings is 1. The topological polar surface area (TPSA) is 0 Å². The van der Waals surface area contributed by atoms with E-state index in [0.717, 1.165) is 0 Å². The molecule has 11 heavy (non-hydrogen) atoms. The quantitative estimate of drug-likeness (QED) is 0.610. The molecule has 1 aromatic carbocycles. The number of aryl methyl sites for hydroxylation is 1. The summed E-state index contributed by atoms with van der Waals surface area (Å²) in [6.45, 7) is 0. The molecule has 0 fully saturated rings. The molecule has 2 rings (SSSR count). The Bertz CT molecular complexity index is 266. The molecular formula is C10H11Sn.